The maximum absolute atomic E-state index is 12.8. The van der Waals surface area contributed by atoms with E-state index in [0.717, 1.165) is 29.2 Å². The molecule has 3 heterocycles. The fourth-order valence-corrected chi connectivity index (χ4v) is 3.64. The van der Waals surface area contributed by atoms with Gasteiger partial charge < -0.3 is 4.57 Å². The Hall–Kier alpha value is -3.65. The Morgan fingerprint density at radius 3 is 2.59 bits per heavy atom. The lowest BCUT2D eigenvalue weighted by molar-refractivity contribution is -0.120. The summed E-state index contributed by atoms with van der Waals surface area (Å²) in [5.41, 5.74) is 6.70. The molecule has 1 aliphatic heterocycles. The van der Waals surface area contributed by atoms with Crippen molar-refractivity contribution in [2.45, 2.75) is 20.3 Å². The molecule has 4 rings (SSSR count). The van der Waals surface area contributed by atoms with Gasteiger partial charge in [-0.3, -0.25) is 20.1 Å². The molecule has 0 bridgehead atoms. The smallest absolute Gasteiger partial charge is 0.304 e. The molecule has 0 spiro atoms. The van der Waals surface area contributed by atoms with Gasteiger partial charge in [-0.2, -0.15) is 0 Å². The second-order valence-corrected chi connectivity index (χ2v) is 7.92. The maximum atomic E-state index is 12.8. The number of benzene rings is 1. The molecule has 9 heteroatoms. The van der Waals surface area contributed by atoms with Crippen LogP contribution in [0.15, 0.2) is 55.0 Å². The van der Waals surface area contributed by atoms with Crippen LogP contribution in [0, 0.1) is 13.8 Å². The van der Waals surface area contributed by atoms with Crippen molar-refractivity contribution in [3.63, 3.8) is 0 Å². The number of halogens is 1. The highest BCUT2D eigenvalue weighted by atomic mass is 35.5. The number of carbonyl (C=O) groups excluding carboxylic acids is 2. The van der Waals surface area contributed by atoms with Crippen LogP contribution in [0.1, 0.15) is 23.5 Å². The highest BCUT2D eigenvalue weighted by Gasteiger charge is 2.27. The van der Waals surface area contributed by atoms with E-state index in [1.807, 2.05) is 36.7 Å². The molecule has 8 nitrogen and oxygen atoms in total. The Bertz CT molecular complexity index is 1170. The number of nitrogens with one attached hydrogen (secondary N) is 1. The molecule has 2 aromatic heterocycles. The van der Waals surface area contributed by atoms with Gasteiger partial charge >= 0.3 is 6.03 Å². The second-order valence-electron chi connectivity index (χ2n) is 7.49. The second kappa shape index (κ2) is 9.23. The van der Waals surface area contributed by atoms with Crippen LogP contribution < -0.4 is 10.3 Å². The van der Waals surface area contributed by atoms with Crippen LogP contribution in [-0.2, 0) is 4.79 Å². The van der Waals surface area contributed by atoms with Gasteiger partial charge in [0.05, 0.1) is 29.1 Å². The van der Waals surface area contributed by atoms with Crippen molar-refractivity contribution < 1.29 is 9.59 Å². The van der Waals surface area contributed by atoms with Crippen LogP contribution in [0.4, 0.5) is 10.5 Å². The normalized spacial score (nSPS) is 14.3. The van der Waals surface area contributed by atoms with Gasteiger partial charge in [-0.1, -0.05) is 11.6 Å². The first-order valence-corrected chi connectivity index (χ1v) is 10.6. The Morgan fingerprint density at radius 2 is 1.91 bits per heavy atom. The van der Waals surface area contributed by atoms with E-state index in [-0.39, 0.29) is 6.03 Å². The lowest BCUT2D eigenvalue weighted by Gasteiger charge is -2.35. The standard InChI is InChI=1S/C23H23ClN6O2/c1-16-14-28(15-25-16)21-10-6-19(26-17(21)2)7-11-22(31)27-30-13-3-12-29(23(30)32)20-8-4-18(24)5-9-20/h4-11,14-15H,3,12-13H2,1-2H3,(H,27,31). The van der Waals surface area contributed by atoms with Gasteiger partial charge in [0, 0.05) is 36.1 Å². The van der Waals surface area contributed by atoms with E-state index in [2.05, 4.69) is 15.4 Å². The lowest BCUT2D eigenvalue weighted by Crippen LogP contribution is -2.56. The number of hydrogen-bond donors (Lipinski definition) is 1. The number of amides is 3. The number of imidazole rings is 1. The largest absolute Gasteiger partial charge is 0.343 e. The first kappa shape index (κ1) is 21.6. The summed E-state index contributed by atoms with van der Waals surface area (Å²) in [4.78, 5) is 35.6. The van der Waals surface area contributed by atoms with E-state index < -0.39 is 5.91 Å². The van der Waals surface area contributed by atoms with Crippen molar-refractivity contribution in [2.24, 2.45) is 0 Å². The third-order valence-corrected chi connectivity index (χ3v) is 5.34. The van der Waals surface area contributed by atoms with Crippen molar-refractivity contribution >= 4 is 35.3 Å². The summed E-state index contributed by atoms with van der Waals surface area (Å²) < 4.78 is 1.91. The average Bonchev–Trinajstić information content (AvgIpc) is 3.20. The summed E-state index contributed by atoms with van der Waals surface area (Å²) in [6.45, 7) is 4.85. The SMILES string of the molecule is Cc1cn(-c2ccc(C=CC(=O)NN3CCCN(c4ccc(Cl)cc4)C3=O)nc2C)cn1. The number of anilines is 1. The summed E-state index contributed by atoms with van der Waals surface area (Å²) in [6, 6.07) is 10.5. The predicted octanol–water partition coefficient (Wildman–Crippen LogP) is 3.91. The molecule has 3 amide bonds. The van der Waals surface area contributed by atoms with Gasteiger partial charge in [0.2, 0.25) is 0 Å². The van der Waals surface area contributed by atoms with E-state index in [1.54, 1.807) is 41.6 Å². The summed E-state index contributed by atoms with van der Waals surface area (Å²) in [5, 5.41) is 1.93. The molecule has 0 atom stereocenters. The molecule has 0 saturated carbocycles. The molecule has 1 N–H and O–H groups in total. The molecule has 0 aliphatic carbocycles. The Labute approximate surface area is 191 Å². The third kappa shape index (κ3) is 4.81. The molecule has 3 aromatic rings. The minimum Gasteiger partial charge on any atom is -0.304 e. The molecule has 0 radical (unpaired) electrons. The van der Waals surface area contributed by atoms with Crippen LogP contribution in [0.5, 0.6) is 0 Å². The minimum atomic E-state index is -0.398. The number of rotatable bonds is 5. The van der Waals surface area contributed by atoms with Crippen LogP contribution in [0.25, 0.3) is 11.8 Å². The van der Waals surface area contributed by atoms with Gasteiger partial charge in [-0.15, -0.1) is 0 Å². The average molecular weight is 451 g/mol. The number of aromatic nitrogens is 3. The fraction of sp³-hybridized carbons (Fsp3) is 0.217. The van der Waals surface area contributed by atoms with Gasteiger partial charge in [0.15, 0.2) is 0 Å². The van der Waals surface area contributed by atoms with Crippen molar-refractivity contribution in [2.75, 3.05) is 18.0 Å². The van der Waals surface area contributed by atoms with E-state index in [0.29, 0.717) is 23.8 Å². The number of hydrazine groups is 1. The van der Waals surface area contributed by atoms with Gasteiger partial charge in [0.25, 0.3) is 5.91 Å². The fourth-order valence-electron chi connectivity index (χ4n) is 3.51. The number of aryl methyl sites for hydroxylation is 2. The molecule has 1 fully saturated rings. The predicted molar refractivity (Wildman–Crippen MR) is 124 cm³/mol. The first-order chi connectivity index (χ1) is 15.4. The van der Waals surface area contributed by atoms with Crippen LogP contribution in [0.3, 0.4) is 0 Å². The quantitative estimate of drug-likeness (QED) is 0.597. The number of urea groups is 1. The maximum Gasteiger partial charge on any atom is 0.343 e. The summed E-state index contributed by atoms with van der Waals surface area (Å²) in [7, 11) is 0. The molecule has 1 saturated heterocycles. The summed E-state index contributed by atoms with van der Waals surface area (Å²) in [5.74, 6) is -0.398. The van der Waals surface area contributed by atoms with Crippen LogP contribution >= 0.6 is 11.6 Å². The molecule has 1 aliphatic rings. The molecular weight excluding hydrogens is 428 g/mol. The topological polar surface area (TPSA) is 83.4 Å². The molecule has 164 valence electrons. The highest BCUT2D eigenvalue weighted by molar-refractivity contribution is 6.30. The minimum absolute atomic E-state index is 0.283. The summed E-state index contributed by atoms with van der Waals surface area (Å²) in [6.07, 6.45) is 7.39. The Balaban J connectivity index is 1.40. The molecule has 32 heavy (non-hydrogen) atoms. The van der Waals surface area contributed by atoms with Crippen LogP contribution in [0.2, 0.25) is 5.02 Å². The van der Waals surface area contributed by atoms with Crippen molar-refractivity contribution in [1.29, 1.82) is 0 Å². The first-order valence-electron chi connectivity index (χ1n) is 10.2. The third-order valence-electron chi connectivity index (χ3n) is 5.08. The summed E-state index contributed by atoms with van der Waals surface area (Å²) >= 11 is 5.93. The number of hydrogen-bond acceptors (Lipinski definition) is 4. The molecule has 1 aromatic carbocycles. The monoisotopic (exact) mass is 450 g/mol. The van der Waals surface area contributed by atoms with E-state index in [9.17, 15) is 9.59 Å². The number of pyridine rings is 1. The van der Waals surface area contributed by atoms with Crippen molar-refractivity contribution in [3.8, 4) is 5.69 Å². The zero-order valence-electron chi connectivity index (χ0n) is 17.8. The number of carbonyl (C=O) groups is 2. The highest BCUT2D eigenvalue weighted by Crippen LogP contribution is 2.21. The number of nitrogens with zero attached hydrogens (tertiary/aromatic N) is 5. The van der Waals surface area contributed by atoms with Gasteiger partial charge in [0.1, 0.15) is 0 Å². The van der Waals surface area contributed by atoms with Gasteiger partial charge in [-0.25, -0.2) is 14.8 Å². The zero-order valence-corrected chi connectivity index (χ0v) is 18.6. The Morgan fingerprint density at radius 1 is 1.12 bits per heavy atom. The van der Waals surface area contributed by atoms with Crippen molar-refractivity contribution in [3.05, 3.63) is 77.1 Å². The molecule has 0 unspecified atom stereocenters. The van der Waals surface area contributed by atoms with Gasteiger partial charge in [-0.05, 0) is 62.7 Å². The van der Waals surface area contributed by atoms with Crippen LogP contribution in [-0.4, -0.2) is 44.6 Å². The Kier molecular flexibility index (Phi) is 6.23. The lowest BCUT2D eigenvalue weighted by atomic mass is 10.2. The zero-order chi connectivity index (χ0) is 22.7. The van der Waals surface area contributed by atoms with E-state index >= 15 is 0 Å². The van der Waals surface area contributed by atoms with E-state index in [4.69, 9.17) is 11.6 Å². The van der Waals surface area contributed by atoms with Crippen molar-refractivity contribution in [1.82, 2.24) is 25.0 Å². The molecular formula is C23H23ClN6O2. The van der Waals surface area contributed by atoms with E-state index in [1.165, 1.54) is 11.1 Å².